The number of piperidine rings is 1. The van der Waals surface area contributed by atoms with E-state index in [1.54, 1.807) is 12.4 Å². The van der Waals surface area contributed by atoms with Crippen LogP contribution in [0.3, 0.4) is 0 Å². The van der Waals surface area contributed by atoms with Crippen LogP contribution in [0.2, 0.25) is 5.02 Å². The Morgan fingerprint density at radius 1 is 1.09 bits per heavy atom. The van der Waals surface area contributed by atoms with E-state index >= 15 is 0 Å². The Hall–Kier alpha value is -2.90. The zero-order valence-corrected chi connectivity index (χ0v) is 19.4. The Morgan fingerprint density at radius 2 is 1.82 bits per heavy atom. The second-order valence-electron chi connectivity index (χ2n) is 8.73. The average Bonchev–Trinajstić information content (AvgIpc) is 2.83. The van der Waals surface area contributed by atoms with E-state index in [1.807, 2.05) is 43.3 Å². The molecule has 2 atom stereocenters. The number of nitrogens with zero attached hydrogens (tertiary/aromatic N) is 1. The zero-order valence-electron chi connectivity index (χ0n) is 18.6. The maximum atomic E-state index is 13.3. The lowest BCUT2D eigenvalue weighted by Crippen LogP contribution is -2.55. The topological polar surface area (TPSA) is 54.0 Å². The summed E-state index contributed by atoms with van der Waals surface area (Å²) in [6.45, 7) is 2.82. The largest absolute Gasteiger partial charge is 0.417 e. The molecule has 178 valence electrons. The van der Waals surface area contributed by atoms with Gasteiger partial charge in [0.15, 0.2) is 0 Å². The van der Waals surface area contributed by atoms with Crippen molar-refractivity contribution in [1.29, 1.82) is 0 Å². The number of carbonyl (C=O) groups is 1. The fourth-order valence-electron chi connectivity index (χ4n) is 4.51. The molecule has 1 aliphatic heterocycles. The first-order valence-corrected chi connectivity index (χ1v) is 11.5. The SMILES string of the molecule is C[C@@]1([C@@H](NC(=O)c2cccc(C(F)(F)F)c2Cl)c2cccc(-c3ccncc3)c2)CCCCN1. The van der Waals surface area contributed by atoms with Gasteiger partial charge in [-0.3, -0.25) is 9.78 Å². The first kappa shape index (κ1) is 24.2. The Kier molecular flexibility index (Phi) is 6.96. The number of hydrogen-bond acceptors (Lipinski definition) is 3. The Balaban J connectivity index is 1.72. The van der Waals surface area contributed by atoms with Crippen LogP contribution in [0.5, 0.6) is 0 Å². The number of aromatic nitrogens is 1. The third kappa shape index (κ3) is 5.10. The maximum Gasteiger partial charge on any atom is 0.417 e. The molecule has 0 bridgehead atoms. The van der Waals surface area contributed by atoms with Crippen molar-refractivity contribution in [2.24, 2.45) is 0 Å². The highest BCUT2D eigenvalue weighted by Gasteiger charge is 2.39. The lowest BCUT2D eigenvalue weighted by atomic mass is 9.79. The van der Waals surface area contributed by atoms with Crippen molar-refractivity contribution in [3.63, 3.8) is 0 Å². The van der Waals surface area contributed by atoms with Crippen LogP contribution < -0.4 is 10.6 Å². The van der Waals surface area contributed by atoms with Gasteiger partial charge in [0.25, 0.3) is 5.91 Å². The lowest BCUT2D eigenvalue weighted by Gasteiger charge is -2.42. The summed E-state index contributed by atoms with van der Waals surface area (Å²) in [5, 5.41) is 5.92. The Labute approximate surface area is 201 Å². The van der Waals surface area contributed by atoms with E-state index in [0.29, 0.717) is 0 Å². The fraction of sp³-hybridized carbons (Fsp3) is 0.308. The molecule has 4 nitrogen and oxygen atoms in total. The van der Waals surface area contributed by atoms with E-state index in [0.717, 1.165) is 48.6 Å². The van der Waals surface area contributed by atoms with E-state index in [1.165, 1.54) is 12.1 Å². The summed E-state index contributed by atoms with van der Waals surface area (Å²) in [6, 6.07) is 14.5. The summed E-state index contributed by atoms with van der Waals surface area (Å²) >= 11 is 6.04. The summed E-state index contributed by atoms with van der Waals surface area (Å²) in [6.07, 6.45) is 1.56. The summed E-state index contributed by atoms with van der Waals surface area (Å²) in [7, 11) is 0. The van der Waals surface area contributed by atoms with Gasteiger partial charge in [-0.05, 0) is 73.3 Å². The normalized spacial score (nSPS) is 19.4. The van der Waals surface area contributed by atoms with E-state index in [2.05, 4.69) is 15.6 Å². The molecule has 1 saturated heterocycles. The second kappa shape index (κ2) is 9.76. The molecule has 0 saturated carbocycles. The molecule has 3 aromatic rings. The molecule has 0 spiro atoms. The van der Waals surface area contributed by atoms with E-state index in [-0.39, 0.29) is 5.56 Å². The number of pyridine rings is 1. The zero-order chi connectivity index (χ0) is 24.3. The average molecular weight is 488 g/mol. The van der Waals surface area contributed by atoms with Crippen LogP contribution in [0.15, 0.2) is 67.0 Å². The van der Waals surface area contributed by atoms with Crippen LogP contribution in [-0.4, -0.2) is 23.0 Å². The fourth-order valence-corrected chi connectivity index (χ4v) is 4.83. The molecule has 2 heterocycles. The van der Waals surface area contributed by atoms with Crippen molar-refractivity contribution >= 4 is 17.5 Å². The number of nitrogens with one attached hydrogen (secondary N) is 2. The third-order valence-corrected chi connectivity index (χ3v) is 6.75. The van der Waals surface area contributed by atoms with Gasteiger partial charge < -0.3 is 10.6 Å². The quantitative estimate of drug-likeness (QED) is 0.436. The number of alkyl halides is 3. The molecule has 0 unspecified atom stereocenters. The monoisotopic (exact) mass is 487 g/mol. The smallest absolute Gasteiger partial charge is 0.343 e. The van der Waals surface area contributed by atoms with Gasteiger partial charge in [-0.2, -0.15) is 13.2 Å². The first-order valence-electron chi connectivity index (χ1n) is 11.1. The van der Waals surface area contributed by atoms with Gasteiger partial charge in [0, 0.05) is 17.9 Å². The van der Waals surface area contributed by atoms with Crippen LogP contribution in [0.4, 0.5) is 13.2 Å². The van der Waals surface area contributed by atoms with Crippen molar-refractivity contribution in [3.05, 3.63) is 88.7 Å². The minimum Gasteiger partial charge on any atom is -0.343 e. The van der Waals surface area contributed by atoms with Crippen molar-refractivity contribution in [2.45, 2.75) is 43.9 Å². The molecule has 34 heavy (non-hydrogen) atoms. The minimum atomic E-state index is -4.65. The third-order valence-electron chi connectivity index (χ3n) is 6.35. The van der Waals surface area contributed by atoms with E-state index in [9.17, 15) is 18.0 Å². The molecule has 0 aliphatic carbocycles. The number of benzene rings is 2. The number of halogens is 4. The van der Waals surface area contributed by atoms with Crippen LogP contribution in [0.25, 0.3) is 11.1 Å². The summed E-state index contributed by atoms with van der Waals surface area (Å²) in [5.74, 6) is -0.649. The van der Waals surface area contributed by atoms with Gasteiger partial charge in [-0.25, -0.2) is 0 Å². The molecular formula is C26H25ClF3N3O. The highest BCUT2D eigenvalue weighted by atomic mass is 35.5. The molecule has 4 rings (SSSR count). The minimum absolute atomic E-state index is 0.203. The standard InChI is InChI=1S/C26H25ClF3N3O/c1-25(12-2-3-13-32-25)23(19-7-4-6-18(16-19)17-10-14-31-15-11-17)33-24(34)20-8-5-9-21(22(20)27)26(28,29)30/h4-11,14-16,23,32H,2-3,12-13H2,1H3,(H,33,34)/t23-,25-/m0/s1. The van der Waals surface area contributed by atoms with Crippen LogP contribution in [0, 0.1) is 0 Å². The Morgan fingerprint density at radius 3 is 2.50 bits per heavy atom. The summed E-state index contributed by atoms with van der Waals surface area (Å²) < 4.78 is 40.0. The van der Waals surface area contributed by atoms with Crippen molar-refractivity contribution in [1.82, 2.24) is 15.6 Å². The maximum absolute atomic E-state index is 13.3. The highest BCUT2D eigenvalue weighted by molar-refractivity contribution is 6.34. The molecule has 1 amide bonds. The van der Waals surface area contributed by atoms with E-state index < -0.39 is 34.3 Å². The predicted molar refractivity (Wildman–Crippen MR) is 127 cm³/mol. The second-order valence-corrected chi connectivity index (χ2v) is 9.11. The molecule has 1 fully saturated rings. The van der Waals surface area contributed by atoms with Crippen LogP contribution in [0.1, 0.15) is 53.7 Å². The van der Waals surface area contributed by atoms with Crippen LogP contribution in [-0.2, 0) is 6.18 Å². The molecule has 1 aromatic heterocycles. The summed E-state index contributed by atoms with van der Waals surface area (Å²) in [4.78, 5) is 17.3. The van der Waals surface area contributed by atoms with Gasteiger partial charge in [0.1, 0.15) is 0 Å². The molecular weight excluding hydrogens is 463 g/mol. The Bertz CT molecular complexity index is 1160. The van der Waals surface area contributed by atoms with Gasteiger partial charge in [0.05, 0.1) is 22.2 Å². The first-order chi connectivity index (χ1) is 16.2. The molecule has 1 aliphatic rings. The highest BCUT2D eigenvalue weighted by Crippen LogP contribution is 2.38. The van der Waals surface area contributed by atoms with Crippen molar-refractivity contribution in [3.8, 4) is 11.1 Å². The van der Waals surface area contributed by atoms with Crippen LogP contribution >= 0.6 is 11.6 Å². The molecule has 8 heteroatoms. The number of hydrogen-bond donors (Lipinski definition) is 2. The van der Waals surface area contributed by atoms with Gasteiger partial charge in [0.2, 0.25) is 0 Å². The van der Waals surface area contributed by atoms with Crippen molar-refractivity contribution < 1.29 is 18.0 Å². The summed E-state index contributed by atoms with van der Waals surface area (Å²) in [5.41, 5.74) is 1.06. The molecule has 0 radical (unpaired) electrons. The number of amides is 1. The lowest BCUT2D eigenvalue weighted by molar-refractivity contribution is -0.137. The number of rotatable bonds is 5. The molecule has 2 aromatic carbocycles. The van der Waals surface area contributed by atoms with Crippen molar-refractivity contribution in [2.75, 3.05) is 6.54 Å². The number of carbonyl (C=O) groups excluding carboxylic acids is 1. The molecule has 2 N–H and O–H groups in total. The van der Waals surface area contributed by atoms with Gasteiger partial charge in [-0.15, -0.1) is 0 Å². The predicted octanol–water partition coefficient (Wildman–Crippen LogP) is 6.42. The van der Waals surface area contributed by atoms with Gasteiger partial charge in [-0.1, -0.05) is 42.3 Å². The van der Waals surface area contributed by atoms with E-state index in [4.69, 9.17) is 11.6 Å². The van der Waals surface area contributed by atoms with Gasteiger partial charge >= 0.3 is 6.18 Å².